The molecule has 1 rings (SSSR count). The molecule has 0 aliphatic carbocycles. The van der Waals surface area contributed by atoms with E-state index in [1.165, 1.54) is 0 Å². The Morgan fingerprint density at radius 3 is 2.62 bits per heavy atom. The normalized spacial score (nSPS) is 10.8. The standard InChI is InChI=1S/C7H8F2N2O2/c8-7(9)4-1-3(10)6(13)5(2-12)11-4/h1,7,12-13H,2H2,(H2,10,11). The van der Waals surface area contributed by atoms with Crippen molar-refractivity contribution in [3.05, 3.63) is 17.5 Å². The summed E-state index contributed by atoms with van der Waals surface area (Å²) in [6.45, 7) is -0.628. The minimum Gasteiger partial charge on any atom is -0.504 e. The Balaban J connectivity index is 3.22. The van der Waals surface area contributed by atoms with Gasteiger partial charge in [0.1, 0.15) is 11.4 Å². The van der Waals surface area contributed by atoms with Crippen LogP contribution in [0, 0.1) is 0 Å². The summed E-state index contributed by atoms with van der Waals surface area (Å²) in [4.78, 5) is 3.32. The summed E-state index contributed by atoms with van der Waals surface area (Å²) < 4.78 is 24.2. The molecule has 6 heteroatoms. The van der Waals surface area contributed by atoms with Gasteiger partial charge in [0.15, 0.2) is 5.75 Å². The van der Waals surface area contributed by atoms with Crippen LogP contribution >= 0.6 is 0 Å². The van der Waals surface area contributed by atoms with Gasteiger partial charge in [0.2, 0.25) is 0 Å². The number of aliphatic hydroxyl groups is 1. The lowest BCUT2D eigenvalue weighted by Gasteiger charge is -2.06. The Bertz CT molecular complexity index is 318. The van der Waals surface area contributed by atoms with E-state index in [4.69, 9.17) is 15.9 Å². The Morgan fingerprint density at radius 2 is 2.15 bits per heavy atom. The lowest BCUT2D eigenvalue weighted by Crippen LogP contribution is -2.00. The number of aromatic hydroxyl groups is 1. The number of nitrogen functional groups attached to an aromatic ring is 1. The van der Waals surface area contributed by atoms with Crippen LogP contribution in [0.5, 0.6) is 5.75 Å². The minimum atomic E-state index is -2.77. The minimum absolute atomic E-state index is 0.214. The molecule has 0 atom stereocenters. The first kappa shape index (κ1) is 9.66. The maximum atomic E-state index is 12.1. The molecule has 13 heavy (non-hydrogen) atoms. The Hall–Kier alpha value is -1.43. The molecule has 0 unspecified atom stereocenters. The van der Waals surface area contributed by atoms with Crippen molar-refractivity contribution in [2.24, 2.45) is 0 Å². The van der Waals surface area contributed by atoms with Crippen molar-refractivity contribution in [2.45, 2.75) is 13.0 Å². The topological polar surface area (TPSA) is 79.4 Å². The van der Waals surface area contributed by atoms with Crippen LogP contribution in [0.2, 0.25) is 0 Å². The third kappa shape index (κ3) is 1.83. The SMILES string of the molecule is Nc1cc(C(F)F)nc(CO)c1O. The third-order valence-electron chi connectivity index (χ3n) is 1.49. The first-order valence-electron chi connectivity index (χ1n) is 3.43. The van der Waals surface area contributed by atoms with Crippen LogP contribution < -0.4 is 5.73 Å². The molecule has 0 radical (unpaired) electrons. The molecule has 0 aromatic carbocycles. The summed E-state index contributed by atoms with van der Waals surface area (Å²) in [5.41, 5.74) is 4.19. The Kier molecular flexibility index (Phi) is 2.62. The van der Waals surface area contributed by atoms with Crippen molar-refractivity contribution in [1.82, 2.24) is 4.98 Å². The Morgan fingerprint density at radius 1 is 1.54 bits per heavy atom. The molecule has 0 aliphatic heterocycles. The molecule has 1 aromatic heterocycles. The number of hydrogen-bond acceptors (Lipinski definition) is 4. The maximum Gasteiger partial charge on any atom is 0.280 e. The van der Waals surface area contributed by atoms with E-state index in [0.29, 0.717) is 0 Å². The van der Waals surface area contributed by atoms with Crippen LogP contribution in [-0.4, -0.2) is 15.2 Å². The van der Waals surface area contributed by atoms with E-state index in [1.807, 2.05) is 0 Å². The quantitative estimate of drug-likeness (QED) is 0.644. The van der Waals surface area contributed by atoms with Gasteiger partial charge < -0.3 is 15.9 Å². The second kappa shape index (κ2) is 3.53. The number of rotatable bonds is 2. The number of pyridine rings is 1. The summed E-state index contributed by atoms with van der Waals surface area (Å²) in [6, 6.07) is 0.874. The monoisotopic (exact) mass is 190 g/mol. The van der Waals surface area contributed by atoms with Gasteiger partial charge in [0, 0.05) is 0 Å². The number of alkyl halides is 2. The molecule has 0 saturated carbocycles. The number of nitrogens with two attached hydrogens (primary N) is 1. The van der Waals surface area contributed by atoms with E-state index in [2.05, 4.69) is 4.98 Å². The molecule has 0 fully saturated rings. The molecule has 1 aromatic rings. The fourth-order valence-electron chi connectivity index (χ4n) is 0.857. The van der Waals surface area contributed by atoms with Crippen LogP contribution in [0.25, 0.3) is 0 Å². The fraction of sp³-hybridized carbons (Fsp3) is 0.286. The molecule has 72 valence electrons. The van der Waals surface area contributed by atoms with Crippen LogP contribution in [-0.2, 0) is 6.61 Å². The molecule has 0 aliphatic rings. The number of aromatic nitrogens is 1. The highest BCUT2D eigenvalue weighted by Gasteiger charge is 2.14. The number of aliphatic hydroxyl groups excluding tert-OH is 1. The van der Waals surface area contributed by atoms with Gasteiger partial charge in [-0.25, -0.2) is 13.8 Å². The smallest absolute Gasteiger partial charge is 0.280 e. The second-order valence-electron chi connectivity index (χ2n) is 2.39. The fourth-order valence-corrected chi connectivity index (χ4v) is 0.857. The summed E-state index contributed by atoms with van der Waals surface area (Å²) in [5.74, 6) is -0.452. The number of anilines is 1. The lowest BCUT2D eigenvalue weighted by molar-refractivity contribution is 0.145. The molecular formula is C7H8F2N2O2. The molecule has 0 spiro atoms. The molecule has 0 amide bonds. The number of halogens is 2. The van der Waals surface area contributed by atoms with Crippen molar-refractivity contribution in [2.75, 3.05) is 5.73 Å². The largest absolute Gasteiger partial charge is 0.504 e. The zero-order valence-corrected chi connectivity index (χ0v) is 6.54. The van der Waals surface area contributed by atoms with Crippen molar-refractivity contribution in [3.63, 3.8) is 0 Å². The predicted octanol–water partition coefficient (Wildman–Crippen LogP) is 0.799. The van der Waals surface area contributed by atoms with E-state index in [1.54, 1.807) is 0 Å². The zero-order chi connectivity index (χ0) is 10.0. The first-order chi connectivity index (χ1) is 6.06. The third-order valence-corrected chi connectivity index (χ3v) is 1.49. The maximum absolute atomic E-state index is 12.1. The summed E-state index contributed by atoms with van der Waals surface area (Å²) in [6.07, 6.45) is -2.77. The van der Waals surface area contributed by atoms with Gasteiger partial charge in [0.25, 0.3) is 6.43 Å². The number of hydrogen-bond donors (Lipinski definition) is 3. The van der Waals surface area contributed by atoms with Gasteiger partial charge >= 0.3 is 0 Å². The van der Waals surface area contributed by atoms with Crippen molar-refractivity contribution in [3.8, 4) is 5.75 Å². The predicted molar refractivity (Wildman–Crippen MR) is 41.2 cm³/mol. The highest BCUT2D eigenvalue weighted by atomic mass is 19.3. The van der Waals surface area contributed by atoms with E-state index < -0.39 is 24.5 Å². The van der Waals surface area contributed by atoms with Gasteiger partial charge in [-0.3, -0.25) is 0 Å². The summed E-state index contributed by atoms with van der Waals surface area (Å²) in [7, 11) is 0. The molecule has 1 heterocycles. The van der Waals surface area contributed by atoms with Crippen LogP contribution in [0.4, 0.5) is 14.5 Å². The highest BCUT2D eigenvalue weighted by Crippen LogP contribution is 2.28. The van der Waals surface area contributed by atoms with Gasteiger partial charge in [-0.05, 0) is 6.07 Å². The molecule has 0 bridgehead atoms. The average Bonchev–Trinajstić information content (AvgIpc) is 2.09. The van der Waals surface area contributed by atoms with E-state index in [0.717, 1.165) is 6.07 Å². The van der Waals surface area contributed by atoms with Crippen LogP contribution in [0.1, 0.15) is 17.8 Å². The van der Waals surface area contributed by atoms with Gasteiger partial charge in [-0.1, -0.05) is 0 Å². The van der Waals surface area contributed by atoms with Gasteiger partial charge in [0.05, 0.1) is 12.3 Å². The van der Waals surface area contributed by atoms with Crippen LogP contribution in [0.3, 0.4) is 0 Å². The first-order valence-corrected chi connectivity index (χ1v) is 3.43. The molecule has 0 saturated heterocycles. The lowest BCUT2D eigenvalue weighted by atomic mass is 10.2. The van der Waals surface area contributed by atoms with E-state index >= 15 is 0 Å². The van der Waals surface area contributed by atoms with Gasteiger partial charge in [-0.2, -0.15) is 0 Å². The second-order valence-corrected chi connectivity index (χ2v) is 2.39. The summed E-state index contributed by atoms with van der Waals surface area (Å²) >= 11 is 0. The van der Waals surface area contributed by atoms with Crippen molar-refractivity contribution >= 4 is 5.69 Å². The Labute approximate surface area is 72.6 Å². The molecule has 4 N–H and O–H groups in total. The highest BCUT2D eigenvalue weighted by molar-refractivity contribution is 5.54. The van der Waals surface area contributed by atoms with Gasteiger partial charge in [-0.15, -0.1) is 0 Å². The van der Waals surface area contributed by atoms with Crippen molar-refractivity contribution < 1.29 is 19.0 Å². The van der Waals surface area contributed by atoms with Crippen LogP contribution in [0.15, 0.2) is 6.07 Å². The van der Waals surface area contributed by atoms with Crippen molar-refractivity contribution in [1.29, 1.82) is 0 Å². The average molecular weight is 190 g/mol. The molecule has 4 nitrogen and oxygen atoms in total. The summed E-state index contributed by atoms with van der Waals surface area (Å²) in [5, 5.41) is 17.7. The van der Waals surface area contributed by atoms with E-state index in [9.17, 15) is 8.78 Å². The van der Waals surface area contributed by atoms with E-state index in [-0.39, 0.29) is 11.4 Å². The zero-order valence-electron chi connectivity index (χ0n) is 6.54. The number of nitrogens with zero attached hydrogens (tertiary/aromatic N) is 1. The molecular weight excluding hydrogens is 182 g/mol.